The van der Waals surface area contributed by atoms with E-state index in [9.17, 15) is 9.59 Å². The molecule has 6 nitrogen and oxygen atoms in total. The molecule has 4 N–H and O–H groups in total. The number of carbonyl (C=O) groups excluding carboxylic acids is 1. The van der Waals surface area contributed by atoms with Gasteiger partial charge in [-0.2, -0.15) is 0 Å². The molecule has 1 heterocycles. The standard InChI is InChI=1S/C10H13N3O3/c11-9(16)7-3-1-5-12-10(7)13-6-2-4-8(14)15/h1,3,5H,2,4,6H2,(H2,11,16)(H,12,13)(H,14,15). The fourth-order valence-electron chi connectivity index (χ4n) is 1.19. The first-order valence-electron chi connectivity index (χ1n) is 4.81. The SMILES string of the molecule is NC(=O)c1cccnc1NCCCC(=O)O. The fourth-order valence-corrected chi connectivity index (χ4v) is 1.19. The smallest absolute Gasteiger partial charge is 0.303 e. The molecule has 0 aromatic carbocycles. The van der Waals surface area contributed by atoms with Gasteiger partial charge in [0.15, 0.2) is 0 Å². The van der Waals surface area contributed by atoms with Gasteiger partial charge in [-0.25, -0.2) is 4.98 Å². The highest BCUT2D eigenvalue weighted by Crippen LogP contribution is 2.10. The van der Waals surface area contributed by atoms with Crippen LogP contribution in [-0.2, 0) is 4.79 Å². The van der Waals surface area contributed by atoms with Gasteiger partial charge in [-0.15, -0.1) is 0 Å². The molecule has 1 amide bonds. The Hall–Kier alpha value is -2.11. The topological polar surface area (TPSA) is 105 Å². The molecule has 6 heteroatoms. The molecule has 0 bridgehead atoms. The van der Waals surface area contributed by atoms with Gasteiger partial charge >= 0.3 is 5.97 Å². The minimum atomic E-state index is -0.849. The number of carboxylic acids is 1. The maximum Gasteiger partial charge on any atom is 0.303 e. The number of pyridine rings is 1. The highest BCUT2D eigenvalue weighted by atomic mass is 16.4. The second-order valence-electron chi connectivity index (χ2n) is 3.19. The number of aliphatic carboxylic acids is 1. The molecule has 1 aromatic rings. The lowest BCUT2D eigenvalue weighted by atomic mass is 10.2. The molecule has 0 aliphatic heterocycles. The number of anilines is 1. The number of aromatic nitrogens is 1. The molecular formula is C10H13N3O3. The van der Waals surface area contributed by atoms with Crippen molar-refractivity contribution in [3.63, 3.8) is 0 Å². The summed E-state index contributed by atoms with van der Waals surface area (Å²) in [6.45, 7) is 0.434. The predicted octanol–water partition coefficient (Wildman–Crippen LogP) is 0.457. The maximum absolute atomic E-state index is 11.0. The zero-order chi connectivity index (χ0) is 12.0. The number of rotatable bonds is 6. The first-order chi connectivity index (χ1) is 7.61. The van der Waals surface area contributed by atoms with Crippen molar-refractivity contribution in [3.05, 3.63) is 23.9 Å². The number of carboxylic acid groups (broad SMARTS) is 1. The number of nitrogens with one attached hydrogen (secondary N) is 1. The number of carbonyl (C=O) groups is 2. The van der Waals surface area contributed by atoms with Crippen molar-refractivity contribution < 1.29 is 14.7 Å². The molecule has 0 atom stereocenters. The highest BCUT2D eigenvalue weighted by Gasteiger charge is 2.07. The second-order valence-corrected chi connectivity index (χ2v) is 3.19. The van der Waals surface area contributed by atoms with E-state index in [2.05, 4.69) is 10.3 Å². The van der Waals surface area contributed by atoms with E-state index in [4.69, 9.17) is 10.8 Å². The minimum Gasteiger partial charge on any atom is -0.481 e. The van der Waals surface area contributed by atoms with E-state index in [1.54, 1.807) is 12.1 Å². The van der Waals surface area contributed by atoms with Gasteiger partial charge < -0.3 is 16.2 Å². The lowest BCUT2D eigenvalue weighted by Crippen LogP contribution is -2.16. The molecule has 86 valence electrons. The van der Waals surface area contributed by atoms with E-state index in [0.717, 1.165) is 0 Å². The van der Waals surface area contributed by atoms with Crippen LogP contribution < -0.4 is 11.1 Å². The van der Waals surface area contributed by atoms with Crippen LogP contribution in [0, 0.1) is 0 Å². The number of nitrogens with two attached hydrogens (primary N) is 1. The summed E-state index contributed by atoms with van der Waals surface area (Å²) in [5, 5.41) is 11.3. The first-order valence-corrected chi connectivity index (χ1v) is 4.81. The Morgan fingerprint density at radius 3 is 2.88 bits per heavy atom. The van der Waals surface area contributed by atoms with Crippen LogP contribution in [0.2, 0.25) is 0 Å². The molecule has 16 heavy (non-hydrogen) atoms. The molecule has 0 fully saturated rings. The van der Waals surface area contributed by atoms with Crippen LogP contribution in [0.3, 0.4) is 0 Å². The first kappa shape index (κ1) is 12.0. The van der Waals surface area contributed by atoms with Crippen LogP contribution in [0.5, 0.6) is 0 Å². The van der Waals surface area contributed by atoms with Gasteiger partial charge in [0.25, 0.3) is 5.91 Å². The van der Waals surface area contributed by atoms with Crippen LogP contribution in [0.15, 0.2) is 18.3 Å². The molecule has 1 rings (SSSR count). The van der Waals surface area contributed by atoms with E-state index < -0.39 is 11.9 Å². The summed E-state index contributed by atoms with van der Waals surface area (Å²) < 4.78 is 0. The van der Waals surface area contributed by atoms with Crippen molar-refractivity contribution in [1.29, 1.82) is 0 Å². The van der Waals surface area contributed by atoms with Crippen molar-refractivity contribution in [1.82, 2.24) is 4.98 Å². The molecule has 0 unspecified atom stereocenters. The monoisotopic (exact) mass is 223 g/mol. The van der Waals surface area contributed by atoms with Crippen molar-refractivity contribution in [2.45, 2.75) is 12.8 Å². The van der Waals surface area contributed by atoms with Crippen LogP contribution in [0.25, 0.3) is 0 Å². The molecule has 0 saturated carbocycles. The second kappa shape index (κ2) is 5.69. The minimum absolute atomic E-state index is 0.0751. The quantitative estimate of drug-likeness (QED) is 0.607. The normalized spacial score (nSPS) is 9.75. The summed E-state index contributed by atoms with van der Waals surface area (Å²) in [7, 11) is 0. The average Bonchev–Trinajstić information content (AvgIpc) is 2.24. The van der Waals surface area contributed by atoms with E-state index in [-0.39, 0.29) is 6.42 Å². The Morgan fingerprint density at radius 1 is 1.50 bits per heavy atom. The molecule has 0 radical (unpaired) electrons. The van der Waals surface area contributed by atoms with Crippen molar-refractivity contribution in [2.24, 2.45) is 5.73 Å². The van der Waals surface area contributed by atoms with Crippen LogP contribution in [-0.4, -0.2) is 28.5 Å². The predicted molar refractivity (Wildman–Crippen MR) is 58.1 cm³/mol. The number of amides is 1. The Morgan fingerprint density at radius 2 is 2.25 bits per heavy atom. The van der Waals surface area contributed by atoms with Crippen molar-refractivity contribution in [3.8, 4) is 0 Å². The van der Waals surface area contributed by atoms with Crippen LogP contribution in [0.1, 0.15) is 23.2 Å². The largest absolute Gasteiger partial charge is 0.481 e. The maximum atomic E-state index is 11.0. The summed E-state index contributed by atoms with van der Waals surface area (Å²) in [5.41, 5.74) is 5.46. The van der Waals surface area contributed by atoms with Crippen LogP contribution in [0.4, 0.5) is 5.82 Å². The van der Waals surface area contributed by atoms with Crippen LogP contribution >= 0.6 is 0 Å². The van der Waals surface area contributed by atoms with Gasteiger partial charge in [0.1, 0.15) is 5.82 Å². The molecule has 0 aliphatic rings. The van der Waals surface area contributed by atoms with Gasteiger partial charge in [-0.3, -0.25) is 9.59 Å². The van der Waals surface area contributed by atoms with Gasteiger partial charge in [0.05, 0.1) is 5.56 Å². The van der Waals surface area contributed by atoms with E-state index in [0.29, 0.717) is 24.3 Å². The third-order valence-corrected chi connectivity index (χ3v) is 1.93. The zero-order valence-electron chi connectivity index (χ0n) is 8.64. The Kier molecular flexibility index (Phi) is 4.26. The third-order valence-electron chi connectivity index (χ3n) is 1.93. The molecule has 1 aromatic heterocycles. The summed E-state index contributed by atoms with van der Waals surface area (Å²) in [5.74, 6) is -1.02. The Bertz CT molecular complexity index is 393. The Labute approximate surface area is 92.5 Å². The lowest BCUT2D eigenvalue weighted by molar-refractivity contribution is -0.137. The summed E-state index contributed by atoms with van der Waals surface area (Å²) >= 11 is 0. The molecule has 0 saturated heterocycles. The number of hydrogen-bond acceptors (Lipinski definition) is 4. The molecular weight excluding hydrogens is 210 g/mol. The van der Waals surface area contributed by atoms with Gasteiger partial charge in [-0.1, -0.05) is 0 Å². The average molecular weight is 223 g/mol. The summed E-state index contributed by atoms with van der Waals surface area (Å²) in [6.07, 6.45) is 2.07. The number of hydrogen-bond donors (Lipinski definition) is 3. The van der Waals surface area contributed by atoms with Gasteiger partial charge in [-0.05, 0) is 18.6 Å². The fraction of sp³-hybridized carbons (Fsp3) is 0.300. The van der Waals surface area contributed by atoms with Gasteiger partial charge in [0.2, 0.25) is 0 Å². The summed E-state index contributed by atoms with van der Waals surface area (Å²) in [4.78, 5) is 25.2. The summed E-state index contributed by atoms with van der Waals surface area (Å²) in [6, 6.07) is 3.18. The number of nitrogens with zero attached hydrogens (tertiary/aromatic N) is 1. The van der Waals surface area contributed by atoms with E-state index in [1.807, 2.05) is 0 Å². The van der Waals surface area contributed by atoms with E-state index >= 15 is 0 Å². The lowest BCUT2D eigenvalue weighted by Gasteiger charge is -2.07. The van der Waals surface area contributed by atoms with Crippen molar-refractivity contribution >= 4 is 17.7 Å². The number of primary amides is 1. The Balaban J connectivity index is 2.53. The van der Waals surface area contributed by atoms with Gasteiger partial charge in [0, 0.05) is 19.2 Å². The highest BCUT2D eigenvalue weighted by molar-refractivity contribution is 5.97. The van der Waals surface area contributed by atoms with Crippen molar-refractivity contribution in [2.75, 3.05) is 11.9 Å². The molecule has 0 spiro atoms. The van der Waals surface area contributed by atoms with E-state index in [1.165, 1.54) is 6.20 Å². The zero-order valence-corrected chi connectivity index (χ0v) is 8.64. The third kappa shape index (κ3) is 3.56. The molecule has 0 aliphatic carbocycles.